The first-order valence-electron chi connectivity index (χ1n) is 6.92. The predicted molar refractivity (Wildman–Crippen MR) is 71.6 cm³/mol. The van der Waals surface area contributed by atoms with E-state index in [1.165, 1.54) is 20.0 Å². The van der Waals surface area contributed by atoms with Gasteiger partial charge < -0.3 is 15.4 Å². The molecule has 2 aliphatic carbocycles. The summed E-state index contributed by atoms with van der Waals surface area (Å²) in [5.41, 5.74) is 0.444. The number of alkyl carbamates (subject to hydrolysis) is 1. The van der Waals surface area contributed by atoms with E-state index in [9.17, 15) is 9.59 Å². The van der Waals surface area contributed by atoms with Crippen molar-refractivity contribution >= 4 is 12.0 Å². The van der Waals surface area contributed by atoms with Crippen molar-refractivity contribution in [3.8, 4) is 0 Å². The Balaban J connectivity index is 1.91. The average Bonchev–Trinajstić information content (AvgIpc) is 2.69. The third-order valence-corrected chi connectivity index (χ3v) is 5.71. The molecule has 2 fully saturated rings. The lowest BCUT2D eigenvalue weighted by Gasteiger charge is -2.39. The van der Waals surface area contributed by atoms with Crippen LogP contribution >= 0.6 is 0 Å². The molecule has 2 rings (SSSR count). The summed E-state index contributed by atoms with van der Waals surface area (Å²) in [6, 6.07) is 0.216. The van der Waals surface area contributed by atoms with Gasteiger partial charge in [-0.15, -0.1) is 0 Å². The van der Waals surface area contributed by atoms with E-state index in [-0.39, 0.29) is 29.3 Å². The van der Waals surface area contributed by atoms with Gasteiger partial charge in [0.05, 0.1) is 7.11 Å². The first-order valence-corrected chi connectivity index (χ1v) is 6.92. The Kier molecular flexibility index (Phi) is 3.49. The number of hydrogen-bond acceptors (Lipinski definition) is 3. The van der Waals surface area contributed by atoms with Crippen molar-refractivity contribution in [3.63, 3.8) is 0 Å². The molecule has 5 nitrogen and oxygen atoms in total. The summed E-state index contributed by atoms with van der Waals surface area (Å²) in [4.78, 5) is 22.8. The maximum atomic E-state index is 11.9. The van der Waals surface area contributed by atoms with E-state index in [2.05, 4.69) is 36.1 Å². The van der Waals surface area contributed by atoms with E-state index in [4.69, 9.17) is 0 Å². The second-order valence-electron chi connectivity index (χ2n) is 6.58. The van der Waals surface area contributed by atoms with Crippen LogP contribution in [0.2, 0.25) is 0 Å². The molecule has 108 valence electrons. The minimum atomic E-state index is -0.574. The second-order valence-corrected chi connectivity index (χ2v) is 6.58. The van der Waals surface area contributed by atoms with Gasteiger partial charge in [0.25, 0.3) is 0 Å². The highest BCUT2D eigenvalue weighted by atomic mass is 16.5. The molecule has 0 aliphatic heterocycles. The number of ether oxygens (including phenoxy) is 1. The van der Waals surface area contributed by atoms with Gasteiger partial charge in [-0.1, -0.05) is 20.8 Å². The van der Waals surface area contributed by atoms with E-state index < -0.39 is 6.09 Å². The van der Waals surface area contributed by atoms with Crippen LogP contribution in [0.4, 0.5) is 4.79 Å². The Morgan fingerprint density at radius 1 is 1.32 bits per heavy atom. The summed E-state index contributed by atoms with van der Waals surface area (Å²) < 4.78 is 4.44. The lowest BCUT2D eigenvalue weighted by molar-refractivity contribution is -0.121. The van der Waals surface area contributed by atoms with Crippen LogP contribution in [0.5, 0.6) is 0 Å². The maximum Gasteiger partial charge on any atom is 0.407 e. The van der Waals surface area contributed by atoms with Crippen molar-refractivity contribution in [2.45, 2.75) is 46.1 Å². The van der Waals surface area contributed by atoms with Crippen molar-refractivity contribution in [2.24, 2.45) is 16.7 Å². The molecular formula is C14H24N2O3. The Morgan fingerprint density at radius 2 is 2.00 bits per heavy atom. The molecule has 0 heterocycles. The SMILES string of the molecule is COC(=O)NCC(=O)NC1CC2CCC1(C)C2(C)C. The molecule has 0 radical (unpaired) electrons. The molecule has 19 heavy (non-hydrogen) atoms. The van der Waals surface area contributed by atoms with Gasteiger partial charge in [0.1, 0.15) is 6.54 Å². The van der Waals surface area contributed by atoms with E-state index in [0.29, 0.717) is 5.92 Å². The normalized spacial score (nSPS) is 34.9. The van der Waals surface area contributed by atoms with Crippen LogP contribution in [0.25, 0.3) is 0 Å². The highest BCUT2D eigenvalue weighted by molar-refractivity contribution is 5.82. The van der Waals surface area contributed by atoms with Gasteiger partial charge in [-0.2, -0.15) is 0 Å². The molecule has 3 unspecified atom stereocenters. The van der Waals surface area contributed by atoms with Gasteiger partial charge in [-0.25, -0.2) is 4.79 Å². The highest BCUT2D eigenvalue weighted by Gasteiger charge is 2.61. The van der Waals surface area contributed by atoms with Gasteiger partial charge in [0.2, 0.25) is 5.91 Å². The number of methoxy groups -OCH3 is 1. The van der Waals surface area contributed by atoms with Gasteiger partial charge in [0.15, 0.2) is 0 Å². The second kappa shape index (κ2) is 4.69. The van der Waals surface area contributed by atoms with E-state index >= 15 is 0 Å². The summed E-state index contributed by atoms with van der Waals surface area (Å²) in [6.45, 7) is 6.87. The zero-order valence-corrected chi connectivity index (χ0v) is 12.2. The molecule has 3 atom stereocenters. The summed E-state index contributed by atoms with van der Waals surface area (Å²) in [5.74, 6) is 0.552. The lowest BCUT2D eigenvalue weighted by atomic mass is 9.69. The molecule has 0 aromatic heterocycles. The smallest absolute Gasteiger partial charge is 0.407 e. The number of hydrogen-bond donors (Lipinski definition) is 2. The van der Waals surface area contributed by atoms with Crippen LogP contribution in [-0.4, -0.2) is 31.7 Å². The van der Waals surface area contributed by atoms with Crippen LogP contribution in [-0.2, 0) is 9.53 Å². The first kappa shape index (κ1) is 14.2. The molecule has 2 aliphatic rings. The number of rotatable bonds is 3. The molecule has 0 spiro atoms. The Morgan fingerprint density at radius 3 is 2.47 bits per heavy atom. The van der Waals surface area contributed by atoms with E-state index in [1.54, 1.807) is 0 Å². The van der Waals surface area contributed by atoms with Crippen molar-refractivity contribution in [1.82, 2.24) is 10.6 Å². The molecule has 2 N–H and O–H groups in total. The summed E-state index contributed by atoms with van der Waals surface area (Å²) in [6.07, 6.45) is 2.90. The number of carbonyl (C=O) groups excluding carboxylic acids is 2. The van der Waals surface area contributed by atoms with Crippen molar-refractivity contribution < 1.29 is 14.3 Å². The molecule has 5 heteroatoms. The monoisotopic (exact) mass is 268 g/mol. The zero-order valence-electron chi connectivity index (χ0n) is 12.2. The minimum absolute atomic E-state index is 0.0235. The Hall–Kier alpha value is -1.26. The number of amides is 2. The Bertz CT molecular complexity index is 394. The fourth-order valence-corrected chi connectivity index (χ4v) is 3.89. The maximum absolute atomic E-state index is 11.9. The van der Waals surface area contributed by atoms with E-state index in [1.807, 2.05) is 0 Å². The molecule has 0 aromatic carbocycles. The van der Waals surface area contributed by atoms with E-state index in [0.717, 1.165) is 6.42 Å². The molecule has 2 amide bonds. The first-order chi connectivity index (χ1) is 8.81. The number of fused-ring (bicyclic) bond motifs is 2. The zero-order chi connectivity index (χ0) is 14.3. The number of carbonyl (C=O) groups is 2. The van der Waals surface area contributed by atoms with Crippen LogP contribution in [0.1, 0.15) is 40.0 Å². The fourth-order valence-electron chi connectivity index (χ4n) is 3.89. The standard InChI is InChI=1S/C14H24N2O3/c1-13(2)9-5-6-14(13,3)10(7-9)16-11(17)8-15-12(18)19-4/h9-10H,5-8H2,1-4H3,(H,15,18)(H,16,17). The molecular weight excluding hydrogens is 244 g/mol. The van der Waals surface area contributed by atoms with Gasteiger partial charge in [0, 0.05) is 6.04 Å². The largest absolute Gasteiger partial charge is 0.453 e. The molecule has 2 bridgehead atoms. The highest BCUT2D eigenvalue weighted by Crippen LogP contribution is 2.65. The molecule has 0 aromatic rings. The lowest BCUT2D eigenvalue weighted by Crippen LogP contribution is -2.49. The minimum Gasteiger partial charge on any atom is -0.453 e. The third-order valence-electron chi connectivity index (χ3n) is 5.71. The quantitative estimate of drug-likeness (QED) is 0.818. The van der Waals surface area contributed by atoms with Crippen molar-refractivity contribution in [3.05, 3.63) is 0 Å². The average molecular weight is 268 g/mol. The van der Waals surface area contributed by atoms with Gasteiger partial charge in [-0.3, -0.25) is 4.79 Å². The van der Waals surface area contributed by atoms with Gasteiger partial charge >= 0.3 is 6.09 Å². The summed E-state index contributed by atoms with van der Waals surface area (Å²) in [7, 11) is 1.28. The topological polar surface area (TPSA) is 67.4 Å². The van der Waals surface area contributed by atoms with Crippen LogP contribution < -0.4 is 10.6 Å². The number of nitrogens with one attached hydrogen (secondary N) is 2. The Labute approximate surface area is 114 Å². The summed E-state index contributed by atoms with van der Waals surface area (Å²) >= 11 is 0. The summed E-state index contributed by atoms with van der Waals surface area (Å²) in [5, 5.41) is 5.49. The van der Waals surface area contributed by atoms with Gasteiger partial charge in [-0.05, 0) is 36.0 Å². The van der Waals surface area contributed by atoms with Crippen LogP contribution in [0.3, 0.4) is 0 Å². The van der Waals surface area contributed by atoms with Crippen LogP contribution in [0.15, 0.2) is 0 Å². The third kappa shape index (κ3) is 2.19. The fraction of sp³-hybridized carbons (Fsp3) is 0.857. The predicted octanol–water partition coefficient (Wildman–Crippen LogP) is 1.67. The molecule has 2 saturated carbocycles. The van der Waals surface area contributed by atoms with Crippen molar-refractivity contribution in [2.75, 3.05) is 13.7 Å². The van der Waals surface area contributed by atoms with Crippen molar-refractivity contribution in [1.29, 1.82) is 0 Å². The van der Waals surface area contributed by atoms with Crippen LogP contribution in [0, 0.1) is 16.7 Å². The molecule has 0 saturated heterocycles.